The number of thiocarbonyl (C=S) groups is 1. The summed E-state index contributed by atoms with van der Waals surface area (Å²) in [5, 5.41) is 15.8. The molecular weight excluding hydrogens is 444 g/mol. The van der Waals surface area contributed by atoms with Gasteiger partial charge in [-0.05, 0) is 62.8 Å². The van der Waals surface area contributed by atoms with Crippen LogP contribution in [0.3, 0.4) is 0 Å². The maximum atomic E-state index is 5.83. The lowest BCUT2D eigenvalue weighted by Gasteiger charge is -2.28. The summed E-state index contributed by atoms with van der Waals surface area (Å²) in [6.07, 6.45) is 6.21. The quantitative estimate of drug-likeness (QED) is 0.298. The van der Waals surface area contributed by atoms with Gasteiger partial charge < -0.3 is 15.5 Å². The molecule has 174 valence electrons. The van der Waals surface area contributed by atoms with Crippen molar-refractivity contribution in [1.82, 2.24) is 34.8 Å². The molecule has 0 bridgehead atoms. The molecule has 5 rings (SSSR count). The normalized spacial score (nSPS) is 17.7. The maximum Gasteiger partial charge on any atom is 0.170 e. The van der Waals surface area contributed by atoms with E-state index in [1.807, 2.05) is 41.2 Å². The van der Waals surface area contributed by atoms with Gasteiger partial charge in [-0.15, -0.1) is 10.2 Å². The maximum absolute atomic E-state index is 5.83. The molecule has 0 saturated carbocycles. The Morgan fingerprint density at radius 1 is 1.03 bits per heavy atom. The number of pyridine rings is 1. The van der Waals surface area contributed by atoms with Gasteiger partial charge in [0, 0.05) is 41.9 Å². The second-order valence-electron chi connectivity index (χ2n) is 8.45. The highest BCUT2D eigenvalue weighted by atomic mass is 32.1. The zero-order chi connectivity index (χ0) is 23.5. The van der Waals surface area contributed by atoms with Gasteiger partial charge in [0.05, 0.1) is 17.8 Å². The van der Waals surface area contributed by atoms with Crippen molar-refractivity contribution in [3.63, 3.8) is 0 Å². The monoisotopic (exact) mass is 472 g/mol. The first-order valence-corrected chi connectivity index (χ1v) is 11.9. The zero-order valence-electron chi connectivity index (χ0n) is 19.3. The van der Waals surface area contributed by atoms with Gasteiger partial charge in [-0.2, -0.15) is 0 Å². The number of hydrogen-bond donors (Lipinski definition) is 2. The second kappa shape index (κ2) is 9.64. The molecule has 0 unspecified atom stereocenters. The minimum Gasteiger partial charge on any atom is -0.385 e. The highest BCUT2D eigenvalue weighted by molar-refractivity contribution is 7.80. The van der Waals surface area contributed by atoms with Crippen molar-refractivity contribution in [1.29, 1.82) is 0 Å². The van der Waals surface area contributed by atoms with E-state index in [2.05, 4.69) is 73.5 Å². The third-order valence-corrected chi connectivity index (χ3v) is 6.62. The standard InChI is InChI=1S/C25H28N8S/c1-18-15-21(19(2)33(18)31-16-28-29-17-31)24-23(22-11-6-7-12-27-22)30-25(34)32(24)14-8-13-26-20-9-4-3-5-10-20/h3-7,9-12,15-17,23-24,26H,8,13-14H2,1-2H3,(H,30,34)/t23-,24-/m1/s1. The summed E-state index contributed by atoms with van der Waals surface area (Å²) in [7, 11) is 0. The lowest BCUT2D eigenvalue weighted by atomic mass is 9.96. The Labute approximate surface area is 204 Å². The van der Waals surface area contributed by atoms with Gasteiger partial charge in [0.2, 0.25) is 0 Å². The lowest BCUT2D eigenvalue weighted by molar-refractivity contribution is 0.314. The van der Waals surface area contributed by atoms with Gasteiger partial charge >= 0.3 is 0 Å². The van der Waals surface area contributed by atoms with E-state index in [1.165, 1.54) is 5.56 Å². The second-order valence-corrected chi connectivity index (χ2v) is 8.83. The third kappa shape index (κ3) is 4.26. The number of aryl methyl sites for hydroxylation is 1. The number of rotatable bonds is 8. The van der Waals surface area contributed by atoms with Crippen LogP contribution in [0, 0.1) is 13.8 Å². The molecule has 9 heteroatoms. The fourth-order valence-electron chi connectivity index (χ4n) is 4.75. The van der Waals surface area contributed by atoms with Crippen LogP contribution in [-0.4, -0.2) is 47.6 Å². The molecule has 0 radical (unpaired) electrons. The highest BCUT2D eigenvalue weighted by Crippen LogP contribution is 2.40. The molecule has 2 atom stereocenters. The summed E-state index contributed by atoms with van der Waals surface area (Å²) < 4.78 is 4.03. The van der Waals surface area contributed by atoms with Crippen LogP contribution in [0.2, 0.25) is 0 Å². The zero-order valence-corrected chi connectivity index (χ0v) is 20.1. The van der Waals surface area contributed by atoms with E-state index in [9.17, 15) is 0 Å². The summed E-state index contributed by atoms with van der Waals surface area (Å²) in [5.41, 5.74) is 5.56. The smallest absolute Gasteiger partial charge is 0.170 e. The number of nitrogens with one attached hydrogen (secondary N) is 2. The molecule has 1 fully saturated rings. The van der Waals surface area contributed by atoms with Crippen molar-refractivity contribution < 1.29 is 0 Å². The summed E-state index contributed by atoms with van der Waals surface area (Å²) >= 11 is 5.83. The Hall–Kier alpha value is -3.72. The summed E-state index contributed by atoms with van der Waals surface area (Å²) in [5.74, 6) is 0. The first-order valence-electron chi connectivity index (χ1n) is 11.4. The van der Waals surface area contributed by atoms with Crippen molar-refractivity contribution in [2.45, 2.75) is 32.4 Å². The number of anilines is 1. The topological polar surface area (TPSA) is 75.8 Å². The molecule has 0 aliphatic carbocycles. The lowest BCUT2D eigenvalue weighted by Crippen LogP contribution is -2.31. The van der Waals surface area contributed by atoms with Gasteiger partial charge in [-0.25, -0.2) is 4.68 Å². The van der Waals surface area contributed by atoms with Crippen molar-refractivity contribution in [3.05, 3.63) is 96.1 Å². The predicted molar refractivity (Wildman–Crippen MR) is 136 cm³/mol. The number of aromatic nitrogens is 5. The third-order valence-electron chi connectivity index (χ3n) is 6.27. The Bertz CT molecular complexity index is 1240. The molecule has 0 amide bonds. The summed E-state index contributed by atoms with van der Waals surface area (Å²) in [6, 6.07) is 18.5. The fourth-order valence-corrected chi connectivity index (χ4v) is 5.09. The van der Waals surface area contributed by atoms with Crippen molar-refractivity contribution in [3.8, 4) is 0 Å². The van der Waals surface area contributed by atoms with Crippen molar-refractivity contribution in [2.24, 2.45) is 0 Å². The minimum atomic E-state index is -0.0364. The number of nitrogens with zero attached hydrogens (tertiary/aromatic N) is 6. The van der Waals surface area contributed by atoms with Crippen LogP contribution in [0.4, 0.5) is 5.69 Å². The van der Waals surface area contributed by atoms with Crippen LogP contribution in [0.15, 0.2) is 73.4 Å². The molecule has 8 nitrogen and oxygen atoms in total. The average molecular weight is 473 g/mol. The van der Waals surface area contributed by atoms with Crippen LogP contribution in [-0.2, 0) is 0 Å². The van der Waals surface area contributed by atoms with Crippen LogP contribution in [0.25, 0.3) is 0 Å². The first kappa shape index (κ1) is 22.1. The minimum absolute atomic E-state index is 0.0237. The van der Waals surface area contributed by atoms with E-state index < -0.39 is 0 Å². The Morgan fingerprint density at radius 2 is 1.79 bits per heavy atom. The first-order chi connectivity index (χ1) is 16.6. The molecule has 1 aromatic carbocycles. The molecule has 1 aliphatic heterocycles. The SMILES string of the molecule is Cc1cc([C@@H]2[C@@H](c3ccccn3)NC(=S)N2CCCNc2ccccc2)c(C)n1-n1cnnc1. The van der Waals surface area contributed by atoms with E-state index in [0.29, 0.717) is 0 Å². The fraction of sp³-hybridized carbons (Fsp3) is 0.280. The van der Waals surface area contributed by atoms with E-state index in [0.717, 1.165) is 47.4 Å². The molecule has 4 heterocycles. The van der Waals surface area contributed by atoms with Gasteiger partial charge in [-0.1, -0.05) is 24.3 Å². The Morgan fingerprint density at radius 3 is 2.53 bits per heavy atom. The number of para-hydroxylation sites is 1. The number of benzene rings is 1. The van der Waals surface area contributed by atoms with Gasteiger partial charge in [-0.3, -0.25) is 9.66 Å². The van der Waals surface area contributed by atoms with E-state index in [4.69, 9.17) is 12.2 Å². The van der Waals surface area contributed by atoms with Crippen LogP contribution in [0.1, 0.15) is 41.1 Å². The Balaban J connectivity index is 1.43. The molecule has 0 spiro atoms. The molecule has 2 N–H and O–H groups in total. The van der Waals surface area contributed by atoms with Crippen LogP contribution < -0.4 is 10.6 Å². The summed E-state index contributed by atoms with van der Waals surface area (Å²) in [4.78, 5) is 6.96. The molecule has 1 aliphatic rings. The van der Waals surface area contributed by atoms with Crippen LogP contribution >= 0.6 is 12.2 Å². The number of hydrogen-bond acceptors (Lipinski definition) is 5. The Kier molecular flexibility index (Phi) is 6.27. The van der Waals surface area contributed by atoms with Gasteiger partial charge in [0.15, 0.2) is 5.11 Å². The van der Waals surface area contributed by atoms with E-state index in [1.54, 1.807) is 12.7 Å². The van der Waals surface area contributed by atoms with Crippen molar-refractivity contribution in [2.75, 3.05) is 18.4 Å². The molecule has 3 aromatic heterocycles. The highest BCUT2D eigenvalue weighted by Gasteiger charge is 2.41. The van der Waals surface area contributed by atoms with Crippen LogP contribution in [0.5, 0.6) is 0 Å². The molecular formula is C25H28N8S. The van der Waals surface area contributed by atoms with Gasteiger partial charge in [0.1, 0.15) is 12.7 Å². The summed E-state index contributed by atoms with van der Waals surface area (Å²) in [6.45, 7) is 5.93. The largest absolute Gasteiger partial charge is 0.385 e. The van der Waals surface area contributed by atoms with E-state index >= 15 is 0 Å². The van der Waals surface area contributed by atoms with Gasteiger partial charge in [0.25, 0.3) is 0 Å². The van der Waals surface area contributed by atoms with E-state index in [-0.39, 0.29) is 12.1 Å². The molecule has 1 saturated heterocycles. The average Bonchev–Trinajstić information content (AvgIpc) is 3.56. The molecule has 4 aromatic rings. The molecule has 34 heavy (non-hydrogen) atoms. The van der Waals surface area contributed by atoms with Crippen molar-refractivity contribution >= 4 is 23.0 Å². The predicted octanol–water partition coefficient (Wildman–Crippen LogP) is 3.88.